The van der Waals surface area contributed by atoms with E-state index in [1.165, 1.54) is 6.33 Å². The van der Waals surface area contributed by atoms with Gasteiger partial charge in [-0.2, -0.15) is 0 Å². The van der Waals surface area contributed by atoms with Crippen LogP contribution in [-0.4, -0.2) is 23.6 Å². The lowest BCUT2D eigenvalue weighted by Crippen LogP contribution is -2.01. The fourth-order valence-corrected chi connectivity index (χ4v) is 1.51. The van der Waals surface area contributed by atoms with Crippen molar-refractivity contribution in [2.75, 3.05) is 24.2 Å². The predicted molar refractivity (Wildman–Crippen MR) is 51.6 cm³/mol. The predicted octanol–water partition coefficient (Wildman–Crippen LogP) is 0.661. The summed E-state index contributed by atoms with van der Waals surface area (Å²) in [5, 5.41) is 6.15. The average molecular weight is 174 g/mol. The molecule has 0 aliphatic carbocycles. The Hall–Kier alpha value is -1.76. The Morgan fingerprint density at radius 3 is 3.23 bits per heavy atom. The molecule has 0 bridgehead atoms. The largest absolute Gasteiger partial charge is 0.373 e. The molecule has 1 atom stereocenters. The van der Waals surface area contributed by atoms with Gasteiger partial charge in [0.15, 0.2) is 0 Å². The van der Waals surface area contributed by atoms with Crippen LogP contribution in [0.3, 0.4) is 0 Å². The van der Waals surface area contributed by atoms with Gasteiger partial charge in [0.05, 0.1) is 11.5 Å². The number of terminal acetylenes is 1. The number of hydrogen-bond donors (Lipinski definition) is 2. The number of hydrogen-bond acceptors (Lipinski definition) is 4. The summed E-state index contributed by atoms with van der Waals surface area (Å²) in [7, 11) is 1.83. The molecular weight excluding hydrogens is 164 g/mol. The van der Waals surface area contributed by atoms with Gasteiger partial charge in [0.25, 0.3) is 0 Å². The first-order chi connectivity index (χ1) is 6.36. The van der Waals surface area contributed by atoms with Gasteiger partial charge in [0, 0.05) is 13.6 Å². The summed E-state index contributed by atoms with van der Waals surface area (Å²) in [4.78, 5) is 8.22. The third-order valence-corrected chi connectivity index (χ3v) is 2.14. The summed E-state index contributed by atoms with van der Waals surface area (Å²) in [5.41, 5.74) is 1.01. The first kappa shape index (κ1) is 7.87. The van der Waals surface area contributed by atoms with Gasteiger partial charge in [0.1, 0.15) is 18.0 Å². The third kappa shape index (κ3) is 1.09. The molecular formula is C9H10N4. The Labute approximate surface area is 76.8 Å². The van der Waals surface area contributed by atoms with Crippen molar-refractivity contribution in [2.24, 2.45) is 0 Å². The van der Waals surface area contributed by atoms with Gasteiger partial charge in [-0.1, -0.05) is 5.92 Å². The fraction of sp³-hybridized carbons (Fsp3) is 0.333. The molecule has 1 unspecified atom stereocenters. The van der Waals surface area contributed by atoms with Crippen LogP contribution in [0.5, 0.6) is 0 Å². The van der Waals surface area contributed by atoms with Crippen LogP contribution < -0.4 is 10.6 Å². The van der Waals surface area contributed by atoms with Gasteiger partial charge >= 0.3 is 0 Å². The van der Waals surface area contributed by atoms with E-state index in [1.807, 2.05) is 7.05 Å². The van der Waals surface area contributed by atoms with Crippen LogP contribution >= 0.6 is 0 Å². The molecule has 4 heteroatoms. The first-order valence-corrected chi connectivity index (χ1v) is 4.09. The Balaban J connectivity index is 2.54. The van der Waals surface area contributed by atoms with Crippen LogP contribution in [-0.2, 0) is 0 Å². The lowest BCUT2D eigenvalue weighted by Gasteiger charge is -2.06. The molecule has 1 aromatic rings. The lowest BCUT2D eigenvalue weighted by atomic mass is 10.1. The minimum atomic E-state index is 0.0821. The van der Waals surface area contributed by atoms with Gasteiger partial charge in [-0.05, 0) is 0 Å². The van der Waals surface area contributed by atoms with Gasteiger partial charge < -0.3 is 10.6 Å². The maximum Gasteiger partial charge on any atom is 0.136 e. The number of nitrogens with one attached hydrogen (secondary N) is 2. The highest BCUT2D eigenvalue weighted by atomic mass is 15.1. The molecule has 0 spiro atoms. The summed E-state index contributed by atoms with van der Waals surface area (Å²) in [6.45, 7) is 0.749. The highest BCUT2D eigenvalue weighted by Gasteiger charge is 2.25. The molecule has 0 saturated heterocycles. The molecule has 1 aliphatic rings. The second-order valence-corrected chi connectivity index (χ2v) is 2.83. The molecule has 66 valence electrons. The Kier molecular flexibility index (Phi) is 1.78. The molecule has 0 saturated carbocycles. The number of anilines is 2. The average Bonchev–Trinajstić information content (AvgIpc) is 2.60. The van der Waals surface area contributed by atoms with E-state index in [0.717, 1.165) is 23.7 Å². The standard InChI is InChI=1S/C9H10N4/c1-3-6-4-11-9-7(6)8(10-2)12-5-13-9/h1,5-6H,4H2,2H3,(H2,10,11,12,13). The molecule has 2 rings (SSSR count). The molecule has 0 radical (unpaired) electrons. The highest BCUT2D eigenvalue weighted by molar-refractivity contribution is 5.64. The number of nitrogens with zero attached hydrogens (tertiary/aromatic N) is 2. The van der Waals surface area contributed by atoms with E-state index in [2.05, 4.69) is 26.5 Å². The lowest BCUT2D eigenvalue weighted by molar-refractivity contribution is 0.975. The van der Waals surface area contributed by atoms with E-state index < -0.39 is 0 Å². The van der Waals surface area contributed by atoms with E-state index in [4.69, 9.17) is 6.42 Å². The third-order valence-electron chi connectivity index (χ3n) is 2.14. The zero-order chi connectivity index (χ0) is 9.26. The Morgan fingerprint density at radius 1 is 1.69 bits per heavy atom. The molecule has 0 amide bonds. The monoisotopic (exact) mass is 174 g/mol. The quantitative estimate of drug-likeness (QED) is 0.614. The van der Waals surface area contributed by atoms with E-state index in [1.54, 1.807) is 0 Å². The van der Waals surface area contributed by atoms with Crippen LogP contribution in [0.4, 0.5) is 11.6 Å². The number of rotatable bonds is 1. The van der Waals surface area contributed by atoms with E-state index in [-0.39, 0.29) is 5.92 Å². The molecule has 1 aliphatic heterocycles. The normalized spacial score (nSPS) is 18.6. The smallest absolute Gasteiger partial charge is 0.136 e. The van der Waals surface area contributed by atoms with Crippen LogP contribution in [0.25, 0.3) is 0 Å². The van der Waals surface area contributed by atoms with Crippen molar-refractivity contribution in [2.45, 2.75) is 5.92 Å². The van der Waals surface area contributed by atoms with Gasteiger partial charge in [-0.3, -0.25) is 0 Å². The van der Waals surface area contributed by atoms with Crippen molar-refractivity contribution in [3.63, 3.8) is 0 Å². The second kappa shape index (κ2) is 2.94. The van der Waals surface area contributed by atoms with Crippen LogP contribution in [0.15, 0.2) is 6.33 Å². The van der Waals surface area contributed by atoms with Crippen molar-refractivity contribution in [3.8, 4) is 12.3 Å². The van der Waals surface area contributed by atoms with Crippen molar-refractivity contribution < 1.29 is 0 Å². The molecule has 4 nitrogen and oxygen atoms in total. The molecule has 2 heterocycles. The number of aromatic nitrogens is 2. The molecule has 13 heavy (non-hydrogen) atoms. The second-order valence-electron chi connectivity index (χ2n) is 2.83. The van der Waals surface area contributed by atoms with Crippen molar-refractivity contribution in [1.29, 1.82) is 0 Å². The van der Waals surface area contributed by atoms with Crippen LogP contribution in [0, 0.1) is 12.3 Å². The molecule has 2 N–H and O–H groups in total. The summed E-state index contributed by atoms with van der Waals surface area (Å²) in [6, 6.07) is 0. The minimum absolute atomic E-state index is 0.0821. The zero-order valence-electron chi connectivity index (χ0n) is 7.33. The van der Waals surface area contributed by atoms with Crippen LogP contribution in [0.1, 0.15) is 11.5 Å². The maximum atomic E-state index is 5.40. The molecule has 1 aromatic heterocycles. The van der Waals surface area contributed by atoms with Gasteiger partial charge in [0.2, 0.25) is 0 Å². The highest BCUT2D eigenvalue weighted by Crippen LogP contribution is 2.33. The van der Waals surface area contributed by atoms with Crippen LogP contribution in [0.2, 0.25) is 0 Å². The first-order valence-electron chi connectivity index (χ1n) is 4.09. The minimum Gasteiger partial charge on any atom is -0.373 e. The molecule has 0 aromatic carbocycles. The fourth-order valence-electron chi connectivity index (χ4n) is 1.51. The Morgan fingerprint density at radius 2 is 2.54 bits per heavy atom. The van der Waals surface area contributed by atoms with Crippen molar-refractivity contribution in [1.82, 2.24) is 9.97 Å². The SMILES string of the molecule is C#CC1CNc2ncnc(NC)c21. The Bertz CT molecular complexity index is 366. The van der Waals surface area contributed by atoms with E-state index >= 15 is 0 Å². The van der Waals surface area contributed by atoms with Crippen molar-refractivity contribution in [3.05, 3.63) is 11.9 Å². The number of fused-ring (bicyclic) bond motifs is 1. The maximum absolute atomic E-state index is 5.40. The summed E-state index contributed by atoms with van der Waals surface area (Å²) in [6.07, 6.45) is 6.92. The van der Waals surface area contributed by atoms with Gasteiger partial charge in [-0.25, -0.2) is 9.97 Å². The summed E-state index contributed by atoms with van der Waals surface area (Å²) in [5.74, 6) is 4.46. The van der Waals surface area contributed by atoms with E-state index in [9.17, 15) is 0 Å². The van der Waals surface area contributed by atoms with Crippen molar-refractivity contribution >= 4 is 11.6 Å². The summed E-state index contributed by atoms with van der Waals surface area (Å²) < 4.78 is 0. The molecule has 0 fully saturated rings. The zero-order valence-corrected chi connectivity index (χ0v) is 7.33. The summed E-state index contributed by atoms with van der Waals surface area (Å²) >= 11 is 0. The van der Waals surface area contributed by atoms with E-state index in [0.29, 0.717) is 0 Å². The topological polar surface area (TPSA) is 49.8 Å². The van der Waals surface area contributed by atoms with Gasteiger partial charge in [-0.15, -0.1) is 6.42 Å².